The average Bonchev–Trinajstić information content (AvgIpc) is 2.72. The van der Waals surface area contributed by atoms with E-state index in [9.17, 15) is 9.59 Å². The maximum Gasteiger partial charge on any atom is 0.410 e. The molecule has 0 aromatic heterocycles. The monoisotopic (exact) mass is 271 g/mol. The Morgan fingerprint density at radius 3 is 2.68 bits per heavy atom. The van der Waals surface area contributed by atoms with Gasteiger partial charge in [0.15, 0.2) is 0 Å². The molecule has 1 amide bonds. The summed E-state index contributed by atoms with van der Waals surface area (Å²) in [6, 6.07) is -0.373. The predicted molar refractivity (Wildman–Crippen MR) is 66.9 cm³/mol. The van der Waals surface area contributed by atoms with Crippen molar-refractivity contribution in [1.82, 2.24) is 4.90 Å². The van der Waals surface area contributed by atoms with Crippen LogP contribution in [0.3, 0.4) is 0 Å². The molecule has 2 aliphatic rings. The third-order valence-corrected chi connectivity index (χ3v) is 3.44. The molecule has 19 heavy (non-hydrogen) atoms. The normalized spacial score (nSPS) is 30.3. The van der Waals surface area contributed by atoms with Gasteiger partial charge in [-0.15, -0.1) is 0 Å². The number of ether oxygens (including phenoxy) is 2. The lowest BCUT2D eigenvalue weighted by molar-refractivity contribution is -0.138. The van der Waals surface area contributed by atoms with Crippen LogP contribution in [0.1, 0.15) is 40.0 Å². The molecule has 6 heteroatoms. The quantitative estimate of drug-likeness (QED) is 0.826. The first-order valence-corrected chi connectivity index (χ1v) is 6.62. The van der Waals surface area contributed by atoms with Crippen molar-refractivity contribution in [1.29, 1.82) is 0 Å². The van der Waals surface area contributed by atoms with Gasteiger partial charge in [0.1, 0.15) is 5.60 Å². The van der Waals surface area contributed by atoms with Crippen LogP contribution in [-0.2, 0) is 14.3 Å². The molecule has 108 valence electrons. The minimum absolute atomic E-state index is 0.0424. The number of aliphatic carboxylic acids is 1. The Labute approximate surface area is 112 Å². The van der Waals surface area contributed by atoms with Crippen molar-refractivity contribution >= 4 is 12.1 Å². The first-order chi connectivity index (χ1) is 8.78. The van der Waals surface area contributed by atoms with Gasteiger partial charge >= 0.3 is 12.1 Å². The maximum atomic E-state index is 12.3. The molecule has 2 heterocycles. The van der Waals surface area contributed by atoms with E-state index in [0.29, 0.717) is 13.0 Å². The first kappa shape index (κ1) is 14.1. The van der Waals surface area contributed by atoms with E-state index in [2.05, 4.69) is 0 Å². The Kier molecular flexibility index (Phi) is 3.71. The molecular weight excluding hydrogens is 250 g/mol. The lowest BCUT2D eigenvalue weighted by atomic mass is 10.1. The Bertz CT molecular complexity index is 376. The number of carboxylic acid groups (broad SMARTS) is 1. The fourth-order valence-corrected chi connectivity index (χ4v) is 2.82. The zero-order valence-corrected chi connectivity index (χ0v) is 11.6. The molecule has 0 aromatic carbocycles. The molecule has 0 aliphatic carbocycles. The van der Waals surface area contributed by atoms with E-state index < -0.39 is 17.7 Å². The number of amides is 1. The first-order valence-electron chi connectivity index (χ1n) is 6.62. The van der Waals surface area contributed by atoms with Crippen LogP contribution >= 0.6 is 0 Å². The van der Waals surface area contributed by atoms with Crippen molar-refractivity contribution in [2.24, 2.45) is 0 Å². The highest BCUT2D eigenvalue weighted by atomic mass is 16.6. The number of likely N-dealkylation sites (tertiary alicyclic amines) is 1. The molecule has 1 unspecified atom stereocenters. The van der Waals surface area contributed by atoms with Gasteiger partial charge in [-0.3, -0.25) is 9.69 Å². The third kappa shape index (κ3) is 3.18. The van der Waals surface area contributed by atoms with Crippen LogP contribution in [0.15, 0.2) is 0 Å². The van der Waals surface area contributed by atoms with Gasteiger partial charge in [0, 0.05) is 12.6 Å². The minimum Gasteiger partial charge on any atom is -0.481 e. The number of fused-ring (bicyclic) bond motifs is 1. The Morgan fingerprint density at radius 1 is 1.42 bits per heavy atom. The number of carbonyl (C=O) groups excluding carboxylic acids is 1. The summed E-state index contributed by atoms with van der Waals surface area (Å²) in [5.74, 6) is -0.904. The summed E-state index contributed by atoms with van der Waals surface area (Å²) in [6.45, 7) is 6.02. The van der Waals surface area contributed by atoms with Gasteiger partial charge in [0.05, 0.1) is 18.6 Å². The molecule has 1 N–H and O–H groups in total. The van der Waals surface area contributed by atoms with E-state index in [4.69, 9.17) is 14.6 Å². The van der Waals surface area contributed by atoms with Crippen LogP contribution < -0.4 is 0 Å². The SMILES string of the molecule is CC(C)(C)OC(=O)N1C(CC(=O)O)C[C@@H]2OCC[C@@H]21. The molecule has 6 nitrogen and oxygen atoms in total. The van der Waals surface area contributed by atoms with E-state index in [1.807, 2.05) is 0 Å². The third-order valence-electron chi connectivity index (χ3n) is 3.44. The maximum absolute atomic E-state index is 12.3. The highest BCUT2D eigenvalue weighted by Gasteiger charge is 2.48. The Morgan fingerprint density at radius 2 is 2.11 bits per heavy atom. The van der Waals surface area contributed by atoms with Crippen molar-refractivity contribution < 1.29 is 24.2 Å². The average molecular weight is 271 g/mol. The molecule has 0 bridgehead atoms. The number of rotatable bonds is 2. The zero-order valence-electron chi connectivity index (χ0n) is 11.6. The van der Waals surface area contributed by atoms with Crippen molar-refractivity contribution in [3.63, 3.8) is 0 Å². The lowest BCUT2D eigenvalue weighted by Crippen LogP contribution is -2.45. The molecule has 2 aliphatic heterocycles. The van der Waals surface area contributed by atoms with Gasteiger partial charge in [-0.25, -0.2) is 4.79 Å². The molecule has 2 rings (SSSR count). The van der Waals surface area contributed by atoms with Gasteiger partial charge in [0.25, 0.3) is 0 Å². The summed E-state index contributed by atoms with van der Waals surface area (Å²) in [6.07, 6.45) is 0.792. The van der Waals surface area contributed by atoms with Gasteiger partial charge in [-0.05, 0) is 33.6 Å². The van der Waals surface area contributed by atoms with Crippen LogP contribution in [0.4, 0.5) is 4.79 Å². The van der Waals surface area contributed by atoms with Gasteiger partial charge in [0.2, 0.25) is 0 Å². The molecule has 3 atom stereocenters. The highest BCUT2D eigenvalue weighted by Crippen LogP contribution is 2.36. The molecule has 2 fully saturated rings. The highest BCUT2D eigenvalue weighted by molar-refractivity contribution is 5.73. The fourth-order valence-electron chi connectivity index (χ4n) is 2.82. The van der Waals surface area contributed by atoms with E-state index in [1.165, 1.54) is 0 Å². The summed E-state index contributed by atoms with van der Waals surface area (Å²) in [5, 5.41) is 8.95. The van der Waals surface area contributed by atoms with E-state index in [0.717, 1.165) is 6.42 Å². The number of nitrogens with zero attached hydrogens (tertiary/aromatic N) is 1. The summed E-state index contributed by atoms with van der Waals surface area (Å²) in [5.41, 5.74) is -0.581. The minimum atomic E-state index is -0.904. The number of hydrogen-bond donors (Lipinski definition) is 1. The van der Waals surface area contributed by atoms with Crippen molar-refractivity contribution in [3.05, 3.63) is 0 Å². The predicted octanol–water partition coefficient (Wildman–Crippen LogP) is 1.63. The molecule has 0 aromatic rings. The largest absolute Gasteiger partial charge is 0.481 e. The van der Waals surface area contributed by atoms with Crippen LogP contribution in [0.2, 0.25) is 0 Å². The van der Waals surface area contributed by atoms with Crippen LogP contribution in [0.5, 0.6) is 0 Å². The van der Waals surface area contributed by atoms with Crippen molar-refractivity contribution in [2.75, 3.05) is 6.61 Å². The molecule has 0 spiro atoms. The number of carbonyl (C=O) groups is 2. The topological polar surface area (TPSA) is 76.1 Å². The van der Waals surface area contributed by atoms with E-state index in [-0.39, 0.29) is 24.6 Å². The number of carboxylic acids is 1. The van der Waals surface area contributed by atoms with Crippen molar-refractivity contribution in [2.45, 2.75) is 63.8 Å². The smallest absolute Gasteiger partial charge is 0.410 e. The number of hydrogen-bond acceptors (Lipinski definition) is 4. The van der Waals surface area contributed by atoms with Crippen molar-refractivity contribution in [3.8, 4) is 0 Å². The van der Waals surface area contributed by atoms with Gasteiger partial charge in [-0.1, -0.05) is 0 Å². The van der Waals surface area contributed by atoms with Crippen LogP contribution in [0.25, 0.3) is 0 Å². The van der Waals surface area contributed by atoms with E-state index in [1.54, 1.807) is 25.7 Å². The Balaban J connectivity index is 2.12. The lowest BCUT2D eigenvalue weighted by Gasteiger charge is -2.31. The molecule has 0 saturated carbocycles. The Hall–Kier alpha value is -1.30. The summed E-state index contributed by atoms with van der Waals surface area (Å²) >= 11 is 0. The second kappa shape index (κ2) is 5.00. The van der Waals surface area contributed by atoms with Crippen LogP contribution in [0, 0.1) is 0 Å². The van der Waals surface area contributed by atoms with E-state index >= 15 is 0 Å². The fraction of sp³-hybridized carbons (Fsp3) is 0.846. The van der Waals surface area contributed by atoms with Gasteiger partial charge in [-0.2, -0.15) is 0 Å². The molecule has 2 saturated heterocycles. The summed E-state index contributed by atoms with van der Waals surface area (Å²) < 4.78 is 10.9. The zero-order chi connectivity index (χ0) is 14.2. The standard InChI is InChI=1S/C13H21NO5/c1-13(2,3)19-12(17)14-8(7-11(15)16)6-10-9(14)4-5-18-10/h8-10H,4-7H2,1-3H3,(H,15,16)/t8?,9-,10-/m0/s1. The summed E-state index contributed by atoms with van der Waals surface area (Å²) in [4.78, 5) is 24.7. The summed E-state index contributed by atoms with van der Waals surface area (Å²) in [7, 11) is 0. The van der Waals surface area contributed by atoms with Crippen LogP contribution in [-0.4, -0.2) is 52.5 Å². The molecule has 0 radical (unpaired) electrons. The second-order valence-corrected chi connectivity index (χ2v) is 6.14. The molecular formula is C13H21NO5. The van der Waals surface area contributed by atoms with Gasteiger partial charge < -0.3 is 14.6 Å². The second-order valence-electron chi connectivity index (χ2n) is 6.14.